The lowest BCUT2D eigenvalue weighted by Crippen LogP contribution is -2.49. The Morgan fingerprint density at radius 3 is 2.64 bits per heavy atom. The van der Waals surface area contributed by atoms with E-state index in [0.717, 1.165) is 31.4 Å². The number of hydrogen-bond acceptors (Lipinski definition) is 4. The predicted molar refractivity (Wildman–Crippen MR) is 110 cm³/mol. The third-order valence-corrected chi connectivity index (χ3v) is 7.11. The summed E-state index contributed by atoms with van der Waals surface area (Å²) in [5.41, 5.74) is 3.49. The summed E-state index contributed by atoms with van der Waals surface area (Å²) in [6, 6.07) is 9.00. The number of aromatic nitrogens is 2. The highest BCUT2D eigenvalue weighted by atomic mass is 32.1. The Hall–Kier alpha value is -2.47. The van der Waals surface area contributed by atoms with E-state index in [-0.39, 0.29) is 29.1 Å². The normalized spacial score (nSPS) is 21.5. The number of aryl methyl sites for hydroxylation is 2. The highest BCUT2D eigenvalue weighted by Gasteiger charge is 2.44. The summed E-state index contributed by atoms with van der Waals surface area (Å²) >= 11 is 1.42. The molecule has 6 heteroatoms. The minimum absolute atomic E-state index is 0.145. The van der Waals surface area contributed by atoms with Crippen molar-refractivity contribution in [3.8, 4) is 0 Å². The standard InChI is InChI=1S/C22H23N3O2S/c1-13-5-3-4-6-18(13)15-9-17(10-15)25(16-7-8-16)21(27)19-11-23-22-24(20(19)26)14(2)12-28-22/h3-6,11-12,15-17H,7-10H2,1-2H3. The number of carbonyl (C=O) groups is 1. The first-order valence-electron chi connectivity index (χ1n) is 9.88. The molecule has 0 bridgehead atoms. The van der Waals surface area contributed by atoms with Gasteiger partial charge in [0.05, 0.1) is 0 Å². The molecule has 144 valence electrons. The molecule has 0 radical (unpaired) electrons. The molecule has 2 fully saturated rings. The van der Waals surface area contributed by atoms with Crippen molar-refractivity contribution in [2.45, 2.75) is 57.5 Å². The minimum atomic E-state index is -0.242. The molecule has 3 aromatic rings. The van der Waals surface area contributed by atoms with E-state index in [1.165, 1.54) is 28.7 Å². The fraction of sp³-hybridized carbons (Fsp3) is 0.409. The third kappa shape index (κ3) is 2.78. The summed E-state index contributed by atoms with van der Waals surface area (Å²) in [5, 5.41) is 1.90. The zero-order valence-corrected chi connectivity index (χ0v) is 16.9. The summed E-state index contributed by atoms with van der Waals surface area (Å²) in [4.78, 5) is 33.3. The van der Waals surface area contributed by atoms with E-state index in [0.29, 0.717) is 10.9 Å². The molecule has 2 saturated carbocycles. The molecule has 5 rings (SSSR count). The topological polar surface area (TPSA) is 54.7 Å². The predicted octanol–water partition coefficient (Wildman–Crippen LogP) is 3.92. The molecule has 2 aliphatic rings. The van der Waals surface area contributed by atoms with Crippen LogP contribution < -0.4 is 5.56 Å². The molecular weight excluding hydrogens is 370 g/mol. The van der Waals surface area contributed by atoms with Gasteiger partial charge in [0.15, 0.2) is 4.96 Å². The number of rotatable bonds is 4. The summed E-state index contributed by atoms with van der Waals surface area (Å²) < 4.78 is 1.56. The molecule has 5 nitrogen and oxygen atoms in total. The molecule has 28 heavy (non-hydrogen) atoms. The molecule has 2 aliphatic carbocycles. The quantitative estimate of drug-likeness (QED) is 0.675. The second-order valence-corrected chi connectivity index (χ2v) is 8.93. The van der Waals surface area contributed by atoms with E-state index in [4.69, 9.17) is 0 Å². The van der Waals surface area contributed by atoms with Gasteiger partial charge < -0.3 is 4.90 Å². The van der Waals surface area contributed by atoms with Crippen molar-refractivity contribution in [3.05, 3.63) is 68.6 Å². The van der Waals surface area contributed by atoms with Crippen molar-refractivity contribution in [3.63, 3.8) is 0 Å². The number of benzene rings is 1. The molecule has 2 heterocycles. The van der Waals surface area contributed by atoms with Gasteiger partial charge in [0.25, 0.3) is 11.5 Å². The minimum Gasteiger partial charge on any atom is -0.332 e. The Labute approximate surface area is 167 Å². The molecule has 0 aliphatic heterocycles. The average molecular weight is 394 g/mol. The van der Waals surface area contributed by atoms with Gasteiger partial charge in [-0.3, -0.25) is 14.0 Å². The molecule has 2 aromatic heterocycles. The first-order chi connectivity index (χ1) is 13.5. The maximum Gasteiger partial charge on any atom is 0.271 e. The van der Waals surface area contributed by atoms with E-state index in [9.17, 15) is 9.59 Å². The third-order valence-electron chi connectivity index (χ3n) is 6.16. The molecular formula is C22H23N3O2S. The number of thiazole rings is 1. The second kappa shape index (κ2) is 6.55. The first-order valence-corrected chi connectivity index (χ1v) is 10.8. The molecule has 1 aromatic carbocycles. The summed E-state index contributed by atoms with van der Waals surface area (Å²) in [6.45, 7) is 4.02. The molecule has 1 amide bonds. The SMILES string of the molecule is Cc1ccccc1C1CC(N(C(=O)c2cnc3scc(C)n3c2=O)C2CC2)C1. The number of fused-ring (bicyclic) bond motifs is 1. The maximum atomic E-state index is 13.3. The lowest BCUT2D eigenvalue weighted by molar-refractivity contribution is 0.0514. The Morgan fingerprint density at radius 2 is 1.93 bits per heavy atom. The van der Waals surface area contributed by atoms with Crippen molar-refractivity contribution in [1.29, 1.82) is 0 Å². The van der Waals surface area contributed by atoms with Crippen LogP contribution in [0.15, 0.2) is 40.6 Å². The van der Waals surface area contributed by atoms with Gasteiger partial charge in [0.2, 0.25) is 0 Å². The summed E-state index contributed by atoms with van der Waals surface area (Å²) in [6.07, 6.45) is 5.49. The Morgan fingerprint density at radius 1 is 1.18 bits per heavy atom. The monoisotopic (exact) mass is 393 g/mol. The van der Waals surface area contributed by atoms with E-state index in [2.05, 4.69) is 36.2 Å². The lowest BCUT2D eigenvalue weighted by Gasteiger charge is -2.44. The van der Waals surface area contributed by atoms with Crippen LogP contribution in [0.3, 0.4) is 0 Å². The number of nitrogens with zero attached hydrogens (tertiary/aromatic N) is 3. The zero-order valence-electron chi connectivity index (χ0n) is 16.1. The van der Waals surface area contributed by atoms with Crippen molar-refractivity contribution < 1.29 is 4.79 Å². The van der Waals surface area contributed by atoms with E-state index < -0.39 is 0 Å². The Bertz CT molecular complexity index is 1120. The molecule has 0 N–H and O–H groups in total. The van der Waals surface area contributed by atoms with Crippen LogP contribution in [0.4, 0.5) is 0 Å². The van der Waals surface area contributed by atoms with Crippen molar-refractivity contribution in [2.75, 3.05) is 0 Å². The highest BCUT2D eigenvalue weighted by molar-refractivity contribution is 7.15. The number of carbonyl (C=O) groups excluding carboxylic acids is 1. The van der Waals surface area contributed by atoms with Crippen LogP contribution >= 0.6 is 11.3 Å². The van der Waals surface area contributed by atoms with Crippen LogP contribution in [0, 0.1) is 13.8 Å². The van der Waals surface area contributed by atoms with Gasteiger partial charge in [-0.15, -0.1) is 11.3 Å². The number of hydrogen-bond donors (Lipinski definition) is 0. The van der Waals surface area contributed by atoms with Gasteiger partial charge in [-0.25, -0.2) is 4.98 Å². The Kier molecular flexibility index (Phi) is 4.12. The van der Waals surface area contributed by atoms with Crippen LogP contribution in [-0.4, -0.2) is 32.3 Å². The van der Waals surface area contributed by atoms with Crippen molar-refractivity contribution in [1.82, 2.24) is 14.3 Å². The second-order valence-electron chi connectivity index (χ2n) is 8.09. The highest BCUT2D eigenvalue weighted by Crippen LogP contribution is 2.44. The molecule has 0 saturated heterocycles. The van der Waals surface area contributed by atoms with Gasteiger partial charge >= 0.3 is 0 Å². The van der Waals surface area contributed by atoms with Crippen molar-refractivity contribution >= 4 is 22.2 Å². The summed E-state index contributed by atoms with van der Waals surface area (Å²) in [7, 11) is 0. The molecule has 0 unspecified atom stereocenters. The van der Waals surface area contributed by atoms with Gasteiger partial charge in [-0.05, 0) is 56.6 Å². The van der Waals surface area contributed by atoms with Crippen LogP contribution in [0.25, 0.3) is 4.96 Å². The van der Waals surface area contributed by atoms with E-state index in [1.54, 1.807) is 4.40 Å². The average Bonchev–Trinajstić information content (AvgIpc) is 3.41. The van der Waals surface area contributed by atoms with E-state index in [1.807, 2.05) is 17.2 Å². The fourth-order valence-corrected chi connectivity index (χ4v) is 5.23. The zero-order chi connectivity index (χ0) is 19.4. The van der Waals surface area contributed by atoms with Crippen LogP contribution in [-0.2, 0) is 0 Å². The van der Waals surface area contributed by atoms with Crippen LogP contribution in [0.1, 0.15) is 58.8 Å². The van der Waals surface area contributed by atoms with Crippen LogP contribution in [0.5, 0.6) is 0 Å². The van der Waals surface area contributed by atoms with E-state index >= 15 is 0 Å². The van der Waals surface area contributed by atoms with Crippen LogP contribution in [0.2, 0.25) is 0 Å². The van der Waals surface area contributed by atoms with Crippen molar-refractivity contribution in [2.24, 2.45) is 0 Å². The molecule has 0 spiro atoms. The lowest BCUT2D eigenvalue weighted by atomic mass is 9.73. The first kappa shape index (κ1) is 17.6. The molecule has 0 atom stereocenters. The largest absolute Gasteiger partial charge is 0.332 e. The smallest absolute Gasteiger partial charge is 0.271 e. The van der Waals surface area contributed by atoms with Gasteiger partial charge in [0, 0.05) is 29.4 Å². The number of amides is 1. The maximum absolute atomic E-state index is 13.3. The fourth-order valence-electron chi connectivity index (χ4n) is 4.41. The Balaban J connectivity index is 1.42. The van der Waals surface area contributed by atoms with Gasteiger partial charge in [0.1, 0.15) is 5.56 Å². The summed E-state index contributed by atoms with van der Waals surface area (Å²) in [5.74, 6) is 0.356. The van der Waals surface area contributed by atoms with Gasteiger partial charge in [-0.2, -0.15) is 0 Å². The van der Waals surface area contributed by atoms with Gasteiger partial charge in [-0.1, -0.05) is 24.3 Å².